The molecule has 0 aliphatic heterocycles. The van der Waals surface area contributed by atoms with Crippen LogP contribution < -0.4 is 0 Å². The molecule has 0 aliphatic carbocycles. The van der Waals surface area contributed by atoms with Gasteiger partial charge >= 0.3 is 0 Å². The van der Waals surface area contributed by atoms with Crippen molar-refractivity contribution in [2.24, 2.45) is 0 Å². The van der Waals surface area contributed by atoms with Crippen LogP contribution >= 0.6 is 0 Å². The normalized spacial score (nSPS) is 13.4. The van der Waals surface area contributed by atoms with Crippen molar-refractivity contribution in [1.82, 2.24) is 0 Å². The van der Waals surface area contributed by atoms with E-state index in [1.54, 1.807) is 24.3 Å². The van der Waals surface area contributed by atoms with E-state index in [2.05, 4.69) is 4.74 Å². The van der Waals surface area contributed by atoms with Crippen molar-refractivity contribution in [3.05, 3.63) is 35.9 Å². The summed E-state index contributed by atoms with van der Waals surface area (Å²) in [5.41, 5.74) is 0.680. The fraction of sp³-hybridized carbons (Fsp3) is 0.125. The molecule has 0 bridgehead atoms. The Balaban J connectivity index is 2.68. The first-order chi connectivity index (χ1) is 5.34. The van der Waals surface area contributed by atoms with Gasteiger partial charge in [0.2, 0.25) is 0 Å². The molecular formula is C8H8O2. The van der Waals surface area contributed by atoms with E-state index in [1.807, 2.05) is 6.07 Å². The fourth-order valence-electron chi connectivity index (χ4n) is 0.638. The van der Waals surface area contributed by atoms with Gasteiger partial charge in [-0.05, 0) is 5.56 Å². The second kappa shape index (κ2) is 3.67. The summed E-state index contributed by atoms with van der Waals surface area (Å²) in [5.74, 6) is 0. The Labute approximate surface area is 60.8 Å². The minimum absolute atomic E-state index is 0.282. The quantitative estimate of drug-likeness (QED) is 0.588. The van der Waals surface area contributed by atoms with Gasteiger partial charge in [-0.3, -0.25) is 4.79 Å². The summed E-state index contributed by atoms with van der Waals surface area (Å²) < 4.78 is 11.7. The highest BCUT2D eigenvalue weighted by molar-refractivity contribution is 5.37. The first-order valence-electron chi connectivity index (χ1n) is 3.48. The molecule has 0 saturated carbocycles. The molecule has 0 amide bonds. The average molecular weight is 137 g/mol. The number of rotatable bonds is 3. The molecule has 2 nitrogen and oxygen atoms in total. The zero-order chi connectivity index (χ0) is 8.10. The van der Waals surface area contributed by atoms with Crippen molar-refractivity contribution in [3.8, 4) is 0 Å². The minimum Gasteiger partial charge on any atom is -0.463 e. The molecule has 0 aromatic heterocycles. The largest absolute Gasteiger partial charge is 0.463 e. The Morgan fingerprint density at radius 2 is 2.20 bits per heavy atom. The SMILES string of the molecule is [2H]C(OC=O)c1ccccc1. The summed E-state index contributed by atoms with van der Waals surface area (Å²) in [6, 6.07) is 8.91. The summed E-state index contributed by atoms with van der Waals surface area (Å²) in [6.45, 7) is -0.612. The number of hydrogen-bond donors (Lipinski definition) is 0. The molecule has 0 heterocycles. The topological polar surface area (TPSA) is 26.3 Å². The molecule has 0 fully saturated rings. The van der Waals surface area contributed by atoms with Gasteiger partial charge in [0.05, 0.1) is 1.37 Å². The van der Waals surface area contributed by atoms with Crippen LogP contribution in [0.5, 0.6) is 0 Å². The Morgan fingerprint density at radius 1 is 1.50 bits per heavy atom. The van der Waals surface area contributed by atoms with Gasteiger partial charge in [-0.2, -0.15) is 0 Å². The first-order valence-corrected chi connectivity index (χ1v) is 2.91. The van der Waals surface area contributed by atoms with E-state index in [-0.39, 0.29) is 6.47 Å². The van der Waals surface area contributed by atoms with Gasteiger partial charge in [-0.15, -0.1) is 0 Å². The lowest BCUT2D eigenvalue weighted by molar-refractivity contribution is -0.129. The molecule has 0 aliphatic rings. The van der Waals surface area contributed by atoms with Crippen molar-refractivity contribution in [3.63, 3.8) is 0 Å². The van der Waals surface area contributed by atoms with Crippen molar-refractivity contribution in [1.29, 1.82) is 0 Å². The Morgan fingerprint density at radius 3 is 2.80 bits per heavy atom. The standard InChI is InChI=1S/C8H8O2/c9-7-10-6-8-4-2-1-3-5-8/h1-5,7H,6H2/i6D. The lowest BCUT2D eigenvalue weighted by Crippen LogP contribution is -1.88. The highest BCUT2D eigenvalue weighted by atomic mass is 16.5. The molecule has 1 unspecified atom stereocenters. The fourth-order valence-corrected chi connectivity index (χ4v) is 0.638. The number of ether oxygens (including phenoxy) is 1. The van der Waals surface area contributed by atoms with Crippen LogP contribution in [-0.4, -0.2) is 6.47 Å². The van der Waals surface area contributed by atoms with Crippen molar-refractivity contribution >= 4 is 6.47 Å². The van der Waals surface area contributed by atoms with Crippen LogP contribution in [0.25, 0.3) is 0 Å². The third-order valence-electron chi connectivity index (χ3n) is 1.06. The summed E-state index contributed by atoms with van der Waals surface area (Å²) in [7, 11) is 0. The van der Waals surface area contributed by atoms with Gasteiger partial charge in [0.1, 0.15) is 6.58 Å². The van der Waals surface area contributed by atoms with Crippen molar-refractivity contribution in [2.75, 3.05) is 0 Å². The van der Waals surface area contributed by atoms with E-state index < -0.39 is 6.58 Å². The average Bonchev–Trinajstić information content (AvgIpc) is 2.07. The third kappa shape index (κ3) is 1.90. The van der Waals surface area contributed by atoms with Crippen LogP contribution in [-0.2, 0) is 16.1 Å². The van der Waals surface area contributed by atoms with E-state index in [9.17, 15) is 4.79 Å². The molecule has 1 aromatic carbocycles. The van der Waals surface area contributed by atoms with E-state index >= 15 is 0 Å². The molecule has 52 valence electrons. The second-order valence-corrected chi connectivity index (χ2v) is 1.76. The van der Waals surface area contributed by atoms with Crippen LogP contribution in [0, 0.1) is 0 Å². The minimum atomic E-state index is -0.895. The molecule has 1 atom stereocenters. The van der Waals surface area contributed by atoms with Crippen LogP contribution in [0.15, 0.2) is 30.3 Å². The molecule has 1 rings (SSSR count). The summed E-state index contributed by atoms with van der Waals surface area (Å²) >= 11 is 0. The summed E-state index contributed by atoms with van der Waals surface area (Å²) in [6.07, 6.45) is 0. The van der Waals surface area contributed by atoms with Crippen LogP contribution in [0.1, 0.15) is 6.93 Å². The zero-order valence-electron chi connectivity index (χ0n) is 6.36. The maximum atomic E-state index is 9.85. The summed E-state index contributed by atoms with van der Waals surface area (Å²) in [5, 5.41) is 0. The molecule has 0 radical (unpaired) electrons. The van der Waals surface area contributed by atoms with Crippen molar-refractivity contribution < 1.29 is 10.9 Å². The van der Waals surface area contributed by atoms with E-state index in [0.29, 0.717) is 5.56 Å². The molecule has 0 N–H and O–H groups in total. The molecule has 10 heavy (non-hydrogen) atoms. The van der Waals surface area contributed by atoms with Gasteiger partial charge < -0.3 is 4.74 Å². The van der Waals surface area contributed by atoms with Crippen LogP contribution in [0.2, 0.25) is 0 Å². The van der Waals surface area contributed by atoms with Crippen LogP contribution in [0.4, 0.5) is 0 Å². The van der Waals surface area contributed by atoms with E-state index in [1.165, 1.54) is 0 Å². The van der Waals surface area contributed by atoms with E-state index in [0.717, 1.165) is 0 Å². The van der Waals surface area contributed by atoms with Crippen molar-refractivity contribution in [2.45, 2.75) is 6.58 Å². The van der Waals surface area contributed by atoms with Crippen LogP contribution in [0.3, 0.4) is 0 Å². The second-order valence-electron chi connectivity index (χ2n) is 1.76. The Hall–Kier alpha value is -1.31. The maximum Gasteiger partial charge on any atom is 0.293 e. The predicted molar refractivity (Wildman–Crippen MR) is 37.3 cm³/mol. The Bertz CT molecular complexity index is 223. The molecule has 0 spiro atoms. The number of carbonyl (C=O) groups excluding carboxylic acids is 1. The number of benzene rings is 1. The third-order valence-corrected chi connectivity index (χ3v) is 1.06. The zero-order valence-corrected chi connectivity index (χ0v) is 5.36. The molecule has 2 heteroatoms. The molecule has 1 aromatic rings. The van der Waals surface area contributed by atoms with Gasteiger partial charge in [-0.1, -0.05) is 30.3 Å². The Kier molecular flexibility index (Phi) is 2.01. The highest BCUT2D eigenvalue weighted by Crippen LogP contribution is 1.98. The monoisotopic (exact) mass is 137 g/mol. The number of hydrogen-bond acceptors (Lipinski definition) is 2. The highest BCUT2D eigenvalue weighted by Gasteiger charge is 1.87. The van der Waals surface area contributed by atoms with Gasteiger partial charge in [0.25, 0.3) is 6.47 Å². The van der Waals surface area contributed by atoms with E-state index in [4.69, 9.17) is 1.37 Å². The van der Waals surface area contributed by atoms with Gasteiger partial charge in [0, 0.05) is 0 Å². The number of carbonyl (C=O) groups is 1. The smallest absolute Gasteiger partial charge is 0.293 e. The van der Waals surface area contributed by atoms with Gasteiger partial charge in [0.15, 0.2) is 0 Å². The lowest BCUT2D eigenvalue weighted by atomic mass is 10.2. The molecule has 0 saturated heterocycles. The predicted octanol–water partition coefficient (Wildman–Crippen LogP) is 1.36. The first kappa shape index (κ1) is 5.47. The molecular weight excluding hydrogens is 128 g/mol. The van der Waals surface area contributed by atoms with Gasteiger partial charge in [-0.25, -0.2) is 0 Å². The lowest BCUT2D eigenvalue weighted by Gasteiger charge is -1.95. The maximum absolute atomic E-state index is 9.85. The summed E-state index contributed by atoms with van der Waals surface area (Å²) in [4.78, 5) is 9.85.